The second kappa shape index (κ2) is 7.82. The van der Waals surface area contributed by atoms with Crippen LogP contribution in [0.15, 0.2) is 35.6 Å². The van der Waals surface area contributed by atoms with Gasteiger partial charge in [0.15, 0.2) is 0 Å². The van der Waals surface area contributed by atoms with Crippen LogP contribution >= 0.6 is 0 Å². The van der Waals surface area contributed by atoms with E-state index in [1.165, 1.54) is 18.4 Å². The van der Waals surface area contributed by atoms with Crippen LogP contribution in [0, 0.1) is 35.0 Å². The van der Waals surface area contributed by atoms with Crippen LogP contribution in [0.1, 0.15) is 66.7 Å². The van der Waals surface area contributed by atoms with Crippen molar-refractivity contribution in [3.8, 4) is 0 Å². The lowest BCUT2D eigenvalue weighted by Crippen LogP contribution is -2.40. The molecule has 28 heavy (non-hydrogen) atoms. The summed E-state index contributed by atoms with van der Waals surface area (Å²) in [7, 11) is 1.67. The van der Waals surface area contributed by atoms with Crippen LogP contribution in [0.5, 0.6) is 0 Å². The second-order valence-electron chi connectivity index (χ2n) is 10.3. The molecule has 2 saturated carbocycles. The maximum atomic E-state index is 12.7. The number of ketones is 1. The molecule has 0 amide bonds. The van der Waals surface area contributed by atoms with Crippen molar-refractivity contribution < 1.29 is 14.6 Å². The number of hydrogen-bond donors (Lipinski definition) is 1. The van der Waals surface area contributed by atoms with Gasteiger partial charge in [-0.25, -0.2) is 0 Å². The Morgan fingerprint density at radius 3 is 2.68 bits per heavy atom. The maximum absolute atomic E-state index is 12.7. The highest BCUT2D eigenvalue weighted by atomic mass is 16.5. The molecule has 0 aromatic rings. The van der Waals surface area contributed by atoms with E-state index in [0.29, 0.717) is 17.8 Å². The zero-order valence-electron chi connectivity index (χ0n) is 18.5. The number of ether oxygens (including phenoxy) is 1. The average molecular weight is 387 g/mol. The van der Waals surface area contributed by atoms with Gasteiger partial charge in [-0.2, -0.15) is 0 Å². The molecule has 0 aliphatic heterocycles. The Morgan fingerprint density at radius 2 is 2.04 bits per heavy atom. The Morgan fingerprint density at radius 1 is 1.32 bits per heavy atom. The predicted molar refractivity (Wildman–Crippen MR) is 114 cm³/mol. The minimum Gasteiger partial charge on any atom is -0.501 e. The molecule has 0 bridgehead atoms. The van der Waals surface area contributed by atoms with Crippen molar-refractivity contribution in [3.63, 3.8) is 0 Å². The van der Waals surface area contributed by atoms with Gasteiger partial charge < -0.3 is 9.84 Å². The van der Waals surface area contributed by atoms with Gasteiger partial charge in [0, 0.05) is 12.3 Å². The summed E-state index contributed by atoms with van der Waals surface area (Å²) in [6.45, 7) is 10.8. The van der Waals surface area contributed by atoms with Crippen LogP contribution in [0.25, 0.3) is 0 Å². The third kappa shape index (κ3) is 3.87. The third-order valence-electron chi connectivity index (χ3n) is 7.86. The summed E-state index contributed by atoms with van der Waals surface area (Å²) in [4.78, 5) is 12.7. The molecule has 3 rings (SSSR count). The van der Waals surface area contributed by atoms with Crippen molar-refractivity contribution in [2.24, 2.45) is 35.0 Å². The Balaban J connectivity index is 1.91. The van der Waals surface area contributed by atoms with Crippen LogP contribution in [-0.4, -0.2) is 23.6 Å². The molecule has 0 radical (unpaired) electrons. The highest BCUT2D eigenvalue weighted by Crippen LogP contribution is 2.59. The van der Waals surface area contributed by atoms with E-state index in [-0.39, 0.29) is 29.5 Å². The van der Waals surface area contributed by atoms with Crippen LogP contribution < -0.4 is 0 Å². The lowest BCUT2D eigenvalue weighted by Gasteiger charge is -2.42. The maximum Gasteiger partial charge on any atom is 0.146 e. The summed E-state index contributed by atoms with van der Waals surface area (Å²) in [6.07, 6.45) is 13.4. The molecule has 2 fully saturated rings. The molecular weight excluding hydrogens is 348 g/mol. The Hall–Kier alpha value is -1.35. The number of carbonyl (C=O) groups is 1. The van der Waals surface area contributed by atoms with Gasteiger partial charge in [0.05, 0.1) is 18.6 Å². The first-order chi connectivity index (χ1) is 13.1. The fourth-order valence-corrected chi connectivity index (χ4v) is 6.26. The van der Waals surface area contributed by atoms with Crippen LogP contribution in [0.3, 0.4) is 0 Å². The highest BCUT2D eigenvalue weighted by molar-refractivity contribution is 5.87. The molecule has 0 heterocycles. The van der Waals surface area contributed by atoms with Crippen LogP contribution in [0.2, 0.25) is 0 Å². The molecule has 3 aliphatic rings. The zero-order valence-corrected chi connectivity index (χ0v) is 18.5. The second-order valence-corrected chi connectivity index (χ2v) is 10.3. The van der Waals surface area contributed by atoms with Crippen LogP contribution in [-0.2, 0) is 9.53 Å². The van der Waals surface area contributed by atoms with Crippen molar-refractivity contribution >= 4 is 5.78 Å². The smallest absolute Gasteiger partial charge is 0.146 e. The first-order valence-electron chi connectivity index (χ1n) is 10.9. The Labute approximate surface area is 170 Å². The fourth-order valence-electron chi connectivity index (χ4n) is 6.26. The lowest BCUT2D eigenvalue weighted by atomic mass is 9.63. The van der Waals surface area contributed by atoms with E-state index in [4.69, 9.17) is 4.74 Å². The summed E-state index contributed by atoms with van der Waals surface area (Å²) >= 11 is 0. The first-order valence-corrected chi connectivity index (χ1v) is 10.9. The highest BCUT2D eigenvalue weighted by Gasteiger charge is 2.57. The molecular formula is C25H38O3. The number of allylic oxidation sites excluding steroid dienone is 6. The summed E-state index contributed by atoms with van der Waals surface area (Å²) in [5, 5.41) is 11.0. The van der Waals surface area contributed by atoms with Gasteiger partial charge in [0.1, 0.15) is 11.5 Å². The van der Waals surface area contributed by atoms with E-state index in [9.17, 15) is 9.90 Å². The average Bonchev–Trinajstić information content (AvgIpc) is 3.01. The molecule has 3 aliphatic carbocycles. The molecule has 0 spiro atoms. The van der Waals surface area contributed by atoms with Gasteiger partial charge in [0.25, 0.3) is 0 Å². The number of carbonyl (C=O) groups excluding carboxylic acids is 1. The van der Waals surface area contributed by atoms with Crippen molar-refractivity contribution in [1.29, 1.82) is 0 Å². The molecule has 0 aromatic carbocycles. The van der Waals surface area contributed by atoms with Gasteiger partial charge in [0.2, 0.25) is 0 Å². The van der Waals surface area contributed by atoms with E-state index in [1.54, 1.807) is 7.11 Å². The van der Waals surface area contributed by atoms with Crippen molar-refractivity contribution in [2.45, 2.75) is 72.3 Å². The van der Waals surface area contributed by atoms with E-state index in [1.807, 2.05) is 6.92 Å². The van der Waals surface area contributed by atoms with Crippen molar-refractivity contribution in [3.05, 3.63) is 35.6 Å². The van der Waals surface area contributed by atoms with Gasteiger partial charge in [-0.15, -0.1) is 0 Å². The molecule has 0 aromatic heterocycles. The van der Waals surface area contributed by atoms with Gasteiger partial charge in [-0.05, 0) is 75.7 Å². The monoisotopic (exact) mass is 386 g/mol. The van der Waals surface area contributed by atoms with Crippen molar-refractivity contribution in [1.82, 2.24) is 0 Å². The Bertz CT molecular complexity index is 695. The van der Waals surface area contributed by atoms with E-state index >= 15 is 0 Å². The van der Waals surface area contributed by atoms with Gasteiger partial charge in [-0.1, -0.05) is 37.6 Å². The quantitative estimate of drug-likeness (QED) is 0.653. The SMILES string of the molecule is CO/C1=C/C[C@H]2[C@@H]([C@@H](C)/C=C\C=C(C)C)CC[C@]2(C)C[C@H]2[C@@H]1C(=O)C[C@@]2(C)O. The number of rotatable bonds is 4. The van der Waals surface area contributed by atoms with Gasteiger partial charge in [-0.3, -0.25) is 4.79 Å². The number of methoxy groups -OCH3 is 1. The third-order valence-corrected chi connectivity index (χ3v) is 7.86. The predicted octanol–water partition coefficient (Wildman–Crippen LogP) is 5.46. The fraction of sp³-hybridized carbons (Fsp3) is 0.720. The van der Waals surface area contributed by atoms with E-state index < -0.39 is 5.60 Å². The molecule has 156 valence electrons. The summed E-state index contributed by atoms with van der Waals surface area (Å²) < 4.78 is 5.68. The summed E-state index contributed by atoms with van der Waals surface area (Å²) in [5.74, 6) is 2.30. The van der Waals surface area contributed by atoms with Crippen molar-refractivity contribution in [2.75, 3.05) is 7.11 Å². The molecule has 3 nitrogen and oxygen atoms in total. The Kier molecular flexibility index (Phi) is 5.96. The van der Waals surface area contributed by atoms with E-state index in [2.05, 4.69) is 52.0 Å². The van der Waals surface area contributed by atoms with Gasteiger partial charge >= 0.3 is 0 Å². The minimum absolute atomic E-state index is 0.0470. The number of fused-ring (bicyclic) bond motifs is 2. The van der Waals surface area contributed by atoms with E-state index in [0.717, 1.165) is 18.6 Å². The summed E-state index contributed by atoms with van der Waals surface area (Å²) in [6, 6.07) is 0. The molecule has 1 N–H and O–H groups in total. The molecule has 7 atom stereocenters. The lowest BCUT2D eigenvalue weighted by molar-refractivity contribution is -0.121. The summed E-state index contributed by atoms with van der Waals surface area (Å²) in [5.41, 5.74) is 0.547. The molecule has 0 unspecified atom stereocenters. The molecule has 3 heteroatoms. The normalized spacial score (nSPS) is 43.5. The van der Waals surface area contributed by atoms with Crippen LogP contribution in [0.4, 0.5) is 0 Å². The minimum atomic E-state index is -0.933. The zero-order chi connectivity index (χ0) is 20.7. The molecule has 0 saturated heterocycles. The first kappa shape index (κ1) is 21.4. The number of aliphatic hydroxyl groups is 1. The number of Topliss-reactive ketones (excluding diaryl/α,β-unsaturated/α-hetero) is 1. The topological polar surface area (TPSA) is 46.5 Å². The number of hydrogen-bond acceptors (Lipinski definition) is 3. The largest absolute Gasteiger partial charge is 0.501 e. The standard InChI is InChI=1S/C25H38O3/c1-16(2)8-7-9-17(3)18-12-13-24(4)14-20-23(21(26)15-25(20,5)27)22(28-6)11-10-19(18)24/h7-9,11,17-20,23,27H,10,12-15H2,1-6H3/b9-7-,22-11+/t17-,18+,19-,20-,23+,24+,25+/m0/s1.